The predicted octanol–water partition coefficient (Wildman–Crippen LogP) is 2.60. The summed E-state index contributed by atoms with van der Waals surface area (Å²) in [6.45, 7) is 3.41. The predicted molar refractivity (Wildman–Crippen MR) is 76.1 cm³/mol. The lowest BCUT2D eigenvalue weighted by molar-refractivity contribution is -0.137. The summed E-state index contributed by atoms with van der Waals surface area (Å²) >= 11 is 0. The number of aliphatic carboxylic acids is 1. The fourth-order valence-corrected chi connectivity index (χ4v) is 1.72. The molecule has 0 spiro atoms. The largest absolute Gasteiger partial charge is 0.495 e. The second-order valence-corrected chi connectivity index (χ2v) is 5.20. The van der Waals surface area contributed by atoms with Crippen LogP contribution in [0.2, 0.25) is 0 Å². The average Bonchev–Trinajstić information content (AvgIpc) is 2.36. The van der Waals surface area contributed by atoms with Crippen molar-refractivity contribution in [2.75, 3.05) is 12.4 Å². The molecule has 7 heteroatoms. The third-order valence-electron chi connectivity index (χ3n) is 2.83. The molecule has 0 aliphatic rings. The standard InChI is InChI=1S/C14H19FN2O4/c1-14(2,7-6-12(18)19)17-13(20)16-10-8-9(15)4-5-11(10)21-3/h4-5,8H,6-7H2,1-3H3,(H,18,19)(H2,16,17,20). The van der Waals surface area contributed by atoms with Gasteiger partial charge in [0.2, 0.25) is 0 Å². The van der Waals surface area contributed by atoms with Crippen LogP contribution in [0.25, 0.3) is 0 Å². The van der Waals surface area contributed by atoms with E-state index in [0.717, 1.165) is 6.07 Å². The highest BCUT2D eigenvalue weighted by Crippen LogP contribution is 2.25. The van der Waals surface area contributed by atoms with Gasteiger partial charge in [-0.05, 0) is 32.4 Å². The molecule has 0 atom stereocenters. The van der Waals surface area contributed by atoms with E-state index >= 15 is 0 Å². The number of carboxylic acid groups (broad SMARTS) is 1. The second kappa shape index (κ2) is 6.92. The molecule has 0 unspecified atom stereocenters. The minimum atomic E-state index is -0.933. The Labute approximate surface area is 122 Å². The molecule has 116 valence electrons. The minimum absolute atomic E-state index is 0.0590. The summed E-state index contributed by atoms with van der Waals surface area (Å²) in [6.07, 6.45) is 0.215. The average molecular weight is 298 g/mol. The molecular formula is C14H19FN2O4. The van der Waals surface area contributed by atoms with Crippen molar-refractivity contribution in [1.29, 1.82) is 0 Å². The lowest BCUT2D eigenvalue weighted by atomic mass is 9.99. The third kappa shape index (κ3) is 5.68. The van der Waals surface area contributed by atoms with Crippen LogP contribution in [0.3, 0.4) is 0 Å². The Hall–Kier alpha value is -2.31. The number of benzene rings is 1. The number of amides is 2. The zero-order valence-electron chi connectivity index (χ0n) is 12.2. The maximum atomic E-state index is 13.2. The van der Waals surface area contributed by atoms with E-state index in [1.807, 2.05) is 0 Å². The van der Waals surface area contributed by atoms with Gasteiger partial charge in [0.15, 0.2) is 0 Å². The fraction of sp³-hybridized carbons (Fsp3) is 0.429. The van der Waals surface area contributed by atoms with E-state index in [2.05, 4.69) is 10.6 Å². The van der Waals surface area contributed by atoms with Crippen LogP contribution in [0.15, 0.2) is 18.2 Å². The number of hydrogen-bond acceptors (Lipinski definition) is 3. The van der Waals surface area contributed by atoms with Crippen molar-refractivity contribution in [3.8, 4) is 5.75 Å². The Kier molecular flexibility index (Phi) is 5.52. The van der Waals surface area contributed by atoms with Crippen LogP contribution < -0.4 is 15.4 Å². The van der Waals surface area contributed by atoms with Gasteiger partial charge < -0.3 is 20.5 Å². The Bertz CT molecular complexity index is 532. The molecule has 1 aromatic carbocycles. The molecule has 0 saturated carbocycles. The highest BCUT2D eigenvalue weighted by molar-refractivity contribution is 5.91. The number of anilines is 1. The molecule has 0 radical (unpaired) electrons. The zero-order valence-corrected chi connectivity index (χ0v) is 12.2. The summed E-state index contributed by atoms with van der Waals surface area (Å²) in [5, 5.41) is 13.8. The molecular weight excluding hydrogens is 279 g/mol. The van der Waals surface area contributed by atoms with Crippen molar-refractivity contribution in [3.05, 3.63) is 24.0 Å². The second-order valence-electron chi connectivity index (χ2n) is 5.20. The Morgan fingerprint density at radius 3 is 2.62 bits per heavy atom. The highest BCUT2D eigenvalue weighted by atomic mass is 19.1. The molecule has 0 aliphatic heterocycles. The monoisotopic (exact) mass is 298 g/mol. The van der Waals surface area contributed by atoms with Gasteiger partial charge in [0.25, 0.3) is 0 Å². The molecule has 0 bridgehead atoms. The van der Waals surface area contributed by atoms with Crippen LogP contribution in [0.4, 0.5) is 14.9 Å². The van der Waals surface area contributed by atoms with Crippen molar-refractivity contribution in [3.63, 3.8) is 0 Å². The number of urea groups is 1. The number of carbonyl (C=O) groups is 2. The van der Waals surface area contributed by atoms with Crippen molar-refractivity contribution in [2.45, 2.75) is 32.2 Å². The number of carbonyl (C=O) groups excluding carboxylic acids is 1. The van der Waals surface area contributed by atoms with Crippen LogP contribution in [-0.4, -0.2) is 29.8 Å². The zero-order chi connectivity index (χ0) is 16.0. The van der Waals surface area contributed by atoms with E-state index in [1.165, 1.54) is 19.2 Å². The summed E-state index contributed by atoms with van der Waals surface area (Å²) in [6, 6.07) is 3.20. The summed E-state index contributed by atoms with van der Waals surface area (Å²) in [5.41, 5.74) is -0.507. The molecule has 6 nitrogen and oxygen atoms in total. The van der Waals surface area contributed by atoms with E-state index in [0.29, 0.717) is 5.75 Å². The molecule has 2 amide bonds. The van der Waals surface area contributed by atoms with Gasteiger partial charge in [-0.3, -0.25) is 4.79 Å². The summed E-state index contributed by atoms with van der Waals surface area (Å²) in [7, 11) is 1.41. The van der Waals surface area contributed by atoms with E-state index in [4.69, 9.17) is 9.84 Å². The molecule has 1 rings (SSSR count). The first kappa shape index (κ1) is 16.7. The molecule has 0 saturated heterocycles. The third-order valence-corrected chi connectivity index (χ3v) is 2.83. The first-order valence-electron chi connectivity index (χ1n) is 6.38. The van der Waals surface area contributed by atoms with Gasteiger partial charge in [0.1, 0.15) is 11.6 Å². The first-order valence-corrected chi connectivity index (χ1v) is 6.38. The van der Waals surface area contributed by atoms with E-state index in [-0.39, 0.29) is 18.5 Å². The molecule has 0 heterocycles. The van der Waals surface area contributed by atoms with E-state index in [1.54, 1.807) is 13.8 Å². The lowest BCUT2D eigenvalue weighted by Crippen LogP contribution is -2.45. The number of carboxylic acids is 1. The number of nitrogens with one attached hydrogen (secondary N) is 2. The Morgan fingerprint density at radius 2 is 2.05 bits per heavy atom. The van der Waals surface area contributed by atoms with Crippen molar-refractivity contribution < 1.29 is 23.8 Å². The summed E-state index contributed by atoms with van der Waals surface area (Å²) in [4.78, 5) is 22.5. The number of methoxy groups -OCH3 is 1. The van der Waals surface area contributed by atoms with Gasteiger partial charge in [-0.2, -0.15) is 0 Å². The molecule has 21 heavy (non-hydrogen) atoms. The molecule has 0 aliphatic carbocycles. The van der Waals surface area contributed by atoms with Gasteiger partial charge in [0.05, 0.1) is 12.8 Å². The van der Waals surface area contributed by atoms with Crippen LogP contribution in [0, 0.1) is 5.82 Å². The molecule has 1 aromatic rings. The van der Waals surface area contributed by atoms with Gasteiger partial charge in [-0.25, -0.2) is 9.18 Å². The SMILES string of the molecule is COc1ccc(F)cc1NC(=O)NC(C)(C)CCC(=O)O. The maximum absolute atomic E-state index is 13.2. The van der Waals surface area contributed by atoms with Crippen molar-refractivity contribution in [2.24, 2.45) is 0 Å². The van der Waals surface area contributed by atoms with Gasteiger partial charge in [0, 0.05) is 18.0 Å². The number of hydrogen-bond donors (Lipinski definition) is 3. The molecule has 3 N–H and O–H groups in total. The van der Waals surface area contributed by atoms with Gasteiger partial charge in [-0.1, -0.05) is 0 Å². The first-order chi connectivity index (χ1) is 9.73. The fourth-order valence-electron chi connectivity index (χ4n) is 1.72. The van der Waals surface area contributed by atoms with E-state index in [9.17, 15) is 14.0 Å². The van der Waals surface area contributed by atoms with Crippen molar-refractivity contribution in [1.82, 2.24) is 5.32 Å². The van der Waals surface area contributed by atoms with Crippen molar-refractivity contribution >= 4 is 17.7 Å². The molecule has 0 fully saturated rings. The van der Waals surface area contributed by atoms with Gasteiger partial charge >= 0.3 is 12.0 Å². The van der Waals surface area contributed by atoms with Crippen LogP contribution >= 0.6 is 0 Å². The lowest BCUT2D eigenvalue weighted by Gasteiger charge is -2.26. The summed E-state index contributed by atoms with van der Waals surface area (Å²) < 4.78 is 18.2. The Morgan fingerprint density at radius 1 is 1.38 bits per heavy atom. The van der Waals surface area contributed by atoms with Crippen LogP contribution in [-0.2, 0) is 4.79 Å². The number of ether oxygens (including phenoxy) is 1. The molecule has 0 aromatic heterocycles. The maximum Gasteiger partial charge on any atom is 0.319 e. The minimum Gasteiger partial charge on any atom is -0.495 e. The Balaban J connectivity index is 2.69. The van der Waals surface area contributed by atoms with Gasteiger partial charge in [-0.15, -0.1) is 0 Å². The van der Waals surface area contributed by atoms with Crippen LogP contribution in [0.1, 0.15) is 26.7 Å². The number of halogens is 1. The van der Waals surface area contributed by atoms with Crippen LogP contribution in [0.5, 0.6) is 5.75 Å². The number of rotatable bonds is 6. The normalized spacial score (nSPS) is 10.9. The highest BCUT2D eigenvalue weighted by Gasteiger charge is 2.22. The quantitative estimate of drug-likeness (QED) is 0.753. The summed E-state index contributed by atoms with van der Waals surface area (Å²) in [5.74, 6) is -1.11. The topological polar surface area (TPSA) is 87.7 Å². The van der Waals surface area contributed by atoms with E-state index < -0.39 is 23.4 Å². The smallest absolute Gasteiger partial charge is 0.319 e.